The summed E-state index contributed by atoms with van der Waals surface area (Å²) in [6, 6.07) is 1.38. The molecular formula is C13H23NO2. The summed E-state index contributed by atoms with van der Waals surface area (Å²) >= 11 is 0. The average molecular weight is 225 g/mol. The molecule has 2 saturated carbocycles. The molecule has 0 saturated heterocycles. The van der Waals surface area contributed by atoms with E-state index in [1.807, 2.05) is 0 Å². The number of rotatable bonds is 5. The number of carbonyl (C=O) groups is 1. The van der Waals surface area contributed by atoms with E-state index in [9.17, 15) is 4.79 Å². The van der Waals surface area contributed by atoms with Gasteiger partial charge in [-0.25, -0.2) is 0 Å². The van der Waals surface area contributed by atoms with Gasteiger partial charge in [0, 0.05) is 18.6 Å². The third-order valence-corrected chi connectivity index (χ3v) is 4.05. The molecule has 0 spiro atoms. The van der Waals surface area contributed by atoms with Crippen molar-refractivity contribution in [2.24, 2.45) is 5.92 Å². The maximum Gasteiger partial charge on any atom is 0.304 e. The minimum Gasteiger partial charge on any atom is -0.481 e. The molecule has 2 fully saturated rings. The number of carboxylic acids is 1. The second-order valence-electron chi connectivity index (χ2n) is 5.53. The van der Waals surface area contributed by atoms with Gasteiger partial charge in [-0.2, -0.15) is 0 Å². The number of hydrogen-bond acceptors (Lipinski definition) is 2. The van der Waals surface area contributed by atoms with E-state index in [2.05, 4.69) is 11.8 Å². The van der Waals surface area contributed by atoms with E-state index in [-0.39, 0.29) is 0 Å². The van der Waals surface area contributed by atoms with E-state index in [1.165, 1.54) is 38.5 Å². The van der Waals surface area contributed by atoms with Crippen LogP contribution in [-0.4, -0.2) is 34.6 Å². The first-order chi connectivity index (χ1) is 7.66. The zero-order valence-electron chi connectivity index (χ0n) is 10.2. The van der Waals surface area contributed by atoms with Crippen LogP contribution in [0.2, 0.25) is 0 Å². The third kappa shape index (κ3) is 3.21. The summed E-state index contributed by atoms with van der Waals surface area (Å²) in [5, 5.41) is 8.78. The molecule has 3 heteroatoms. The highest BCUT2D eigenvalue weighted by Crippen LogP contribution is 2.35. The van der Waals surface area contributed by atoms with Crippen molar-refractivity contribution in [2.45, 2.75) is 64.0 Å². The summed E-state index contributed by atoms with van der Waals surface area (Å²) in [4.78, 5) is 13.1. The van der Waals surface area contributed by atoms with Gasteiger partial charge in [0.1, 0.15) is 0 Å². The largest absolute Gasteiger partial charge is 0.481 e. The zero-order valence-corrected chi connectivity index (χ0v) is 10.2. The Morgan fingerprint density at radius 1 is 1.12 bits per heavy atom. The number of aliphatic carboxylic acids is 1. The highest BCUT2D eigenvalue weighted by Gasteiger charge is 2.35. The van der Waals surface area contributed by atoms with Crippen molar-refractivity contribution in [1.29, 1.82) is 0 Å². The van der Waals surface area contributed by atoms with Crippen LogP contribution >= 0.6 is 0 Å². The minimum atomic E-state index is -0.658. The summed E-state index contributed by atoms with van der Waals surface area (Å²) in [6.07, 6.45) is 8.07. The van der Waals surface area contributed by atoms with E-state index in [0.29, 0.717) is 18.5 Å². The summed E-state index contributed by atoms with van der Waals surface area (Å²) in [7, 11) is 0. The molecule has 0 unspecified atom stereocenters. The molecule has 0 aliphatic heterocycles. The molecule has 16 heavy (non-hydrogen) atoms. The van der Waals surface area contributed by atoms with Gasteiger partial charge in [-0.1, -0.05) is 6.92 Å². The van der Waals surface area contributed by atoms with Crippen LogP contribution in [0.15, 0.2) is 0 Å². The van der Waals surface area contributed by atoms with Crippen molar-refractivity contribution in [1.82, 2.24) is 4.90 Å². The molecule has 3 nitrogen and oxygen atoms in total. The molecule has 0 aromatic rings. The second-order valence-corrected chi connectivity index (χ2v) is 5.53. The highest BCUT2D eigenvalue weighted by atomic mass is 16.4. The lowest BCUT2D eigenvalue weighted by molar-refractivity contribution is -0.137. The fourth-order valence-electron chi connectivity index (χ4n) is 2.87. The quantitative estimate of drug-likeness (QED) is 0.781. The van der Waals surface area contributed by atoms with E-state index in [4.69, 9.17) is 5.11 Å². The fraction of sp³-hybridized carbons (Fsp3) is 0.923. The third-order valence-electron chi connectivity index (χ3n) is 4.05. The Bertz CT molecular complexity index is 242. The van der Waals surface area contributed by atoms with Crippen LogP contribution in [-0.2, 0) is 4.79 Å². The molecule has 0 heterocycles. The van der Waals surface area contributed by atoms with Crippen molar-refractivity contribution in [2.75, 3.05) is 6.54 Å². The van der Waals surface area contributed by atoms with Crippen molar-refractivity contribution >= 4 is 5.97 Å². The van der Waals surface area contributed by atoms with E-state index < -0.39 is 5.97 Å². The van der Waals surface area contributed by atoms with Crippen LogP contribution in [0.1, 0.15) is 51.9 Å². The zero-order chi connectivity index (χ0) is 11.5. The first kappa shape index (κ1) is 11.9. The molecule has 0 atom stereocenters. The van der Waals surface area contributed by atoms with Crippen LogP contribution in [0, 0.1) is 5.92 Å². The normalized spacial score (nSPS) is 30.6. The molecule has 0 bridgehead atoms. The van der Waals surface area contributed by atoms with Crippen LogP contribution in [0.4, 0.5) is 0 Å². The lowest BCUT2D eigenvalue weighted by atomic mass is 9.86. The Labute approximate surface area is 97.8 Å². The second kappa shape index (κ2) is 5.17. The maximum atomic E-state index is 10.7. The molecular weight excluding hydrogens is 202 g/mol. The monoisotopic (exact) mass is 225 g/mol. The van der Waals surface area contributed by atoms with Gasteiger partial charge in [-0.05, 0) is 44.4 Å². The summed E-state index contributed by atoms with van der Waals surface area (Å²) in [6.45, 7) is 3.09. The van der Waals surface area contributed by atoms with Gasteiger partial charge in [-0.3, -0.25) is 9.69 Å². The first-order valence-electron chi connectivity index (χ1n) is 6.64. The Hall–Kier alpha value is -0.570. The Kier molecular flexibility index (Phi) is 3.85. The standard InChI is InChI=1S/C13H23NO2/c1-10-2-4-11(5-3-10)14(12-6-7-12)9-8-13(15)16/h10-12H,2-9H2,1H3,(H,15,16). The molecule has 0 aromatic carbocycles. The molecule has 2 rings (SSSR count). The van der Waals surface area contributed by atoms with E-state index in [1.54, 1.807) is 0 Å². The number of hydrogen-bond donors (Lipinski definition) is 1. The van der Waals surface area contributed by atoms with Gasteiger partial charge in [0.2, 0.25) is 0 Å². The maximum absolute atomic E-state index is 10.7. The lowest BCUT2D eigenvalue weighted by Crippen LogP contribution is -2.40. The van der Waals surface area contributed by atoms with Gasteiger partial charge < -0.3 is 5.11 Å². The smallest absolute Gasteiger partial charge is 0.304 e. The Morgan fingerprint density at radius 2 is 1.62 bits per heavy atom. The Balaban J connectivity index is 1.83. The van der Waals surface area contributed by atoms with Crippen molar-refractivity contribution in [3.8, 4) is 0 Å². The van der Waals surface area contributed by atoms with E-state index >= 15 is 0 Å². The van der Waals surface area contributed by atoms with Crippen molar-refractivity contribution in [3.05, 3.63) is 0 Å². The van der Waals surface area contributed by atoms with Gasteiger partial charge in [0.15, 0.2) is 0 Å². The van der Waals surface area contributed by atoms with E-state index in [0.717, 1.165) is 12.5 Å². The molecule has 2 aliphatic rings. The predicted octanol–water partition coefficient (Wildman–Crippen LogP) is 2.50. The molecule has 0 aromatic heterocycles. The molecule has 1 N–H and O–H groups in total. The van der Waals surface area contributed by atoms with Crippen molar-refractivity contribution < 1.29 is 9.90 Å². The average Bonchev–Trinajstić information content (AvgIpc) is 3.04. The summed E-state index contributed by atoms with van der Waals surface area (Å²) < 4.78 is 0. The number of carboxylic acid groups (broad SMARTS) is 1. The Morgan fingerprint density at radius 3 is 2.06 bits per heavy atom. The van der Waals surface area contributed by atoms with Crippen LogP contribution in [0.5, 0.6) is 0 Å². The molecule has 0 radical (unpaired) electrons. The summed E-state index contributed by atoms with van der Waals surface area (Å²) in [5.41, 5.74) is 0. The van der Waals surface area contributed by atoms with Crippen LogP contribution in [0.25, 0.3) is 0 Å². The van der Waals surface area contributed by atoms with Gasteiger partial charge >= 0.3 is 5.97 Å². The fourth-order valence-corrected chi connectivity index (χ4v) is 2.87. The van der Waals surface area contributed by atoms with Gasteiger partial charge in [0.05, 0.1) is 6.42 Å². The highest BCUT2D eigenvalue weighted by molar-refractivity contribution is 5.66. The molecule has 0 amide bonds. The minimum absolute atomic E-state index is 0.308. The van der Waals surface area contributed by atoms with Crippen LogP contribution in [0.3, 0.4) is 0 Å². The SMILES string of the molecule is CC1CCC(N(CCC(=O)O)C2CC2)CC1. The van der Waals surface area contributed by atoms with Crippen molar-refractivity contribution in [3.63, 3.8) is 0 Å². The molecule has 92 valence electrons. The van der Waals surface area contributed by atoms with Gasteiger partial charge in [0.25, 0.3) is 0 Å². The van der Waals surface area contributed by atoms with Gasteiger partial charge in [-0.15, -0.1) is 0 Å². The van der Waals surface area contributed by atoms with Crippen LogP contribution < -0.4 is 0 Å². The predicted molar refractivity (Wildman–Crippen MR) is 63.4 cm³/mol. The molecule has 2 aliphatic carbocycles. The number of nitrogens with zero attached hydrogens (tertiary/aromatic N) is 1. The summed E-state index contributed by atoms with van der Waals surface area (Å²) in [5.74, 6) is 0.214. The topological polar surface area (TPSA) is 40.5 Å². The lowest BCUT2D eigenvalue weighted by Gasteiger charge is -2.36. The first-order valence-corrected chi connectivity index (χ1v) is 6.64.